The average molecular weight is 519 g/mol. The van der Waals surface area contributed by atoms with Crippen LogP contribution in [0.4, 0.5) is 13.2 Å². The first-order valence-corrected chi connectivity index (χ1v) is 12.7. The summed E-state index contributed by atoms with van der Waals surface area (Å²) in [6.45, 7) is 4.19. The molecule has 0 unspecified atom stereocenters. The predicted molar refractivity (Wildman–Crippen MR) is 139 cm³/mol. The Labute approximate surface area is 220 Å². The fourth-order valence-electron chi connectivity index (χ4n) is 4.94. The molecule has 2 heterocycles. The molecule has 0 fully saturated rings. The summed E-state index contributed by atoms with van der Waals surface area (Å²) in [7, 11) is 0. The Hall–Kier alpha value is -3.91. The molecule has 4 aromatic rings. The zero-order chi connectivity index (χ0) is 26.6. The third-order valence-electron chi connectivity index (χ3n) is 6.97. The van der Waals surface area contributed by atoms with Gasteiger partial charge < -0.3 is 4.90 Å². The normalized spacial score (nSPS) is 13.4. The number of benzene rings is 3. The van der Waals surface area contributed by atoms with Crippen molar-refractivity contribution in [2.24, 2.45) is 0 Å². The van der Waals surface area contributed by atoms with E-state index < -0.39 is 11.6 Å². The van der Waals surface area contributed by atoms with E-state index in [1.165, 1.54) is 18.2 Å². The zero-order valence-electron chi connectivity index (χ0n) is 21.2. The van der Waals surface area contributed by atoms with Crippen LogP contribution in [0, 0.1) is 17.5 Å². The van der Waals surface area contributed by atoms with Gasteiger partial charge in [0.15, 0.2) is 0 Å². The summed E-state index contributed by atoms with van der Waals surface area (Å²) in [5.74, 6) is -1.30. The number of amides is 1. The lowest BCUT2D eigenvalue weighted by molar-refractivity contribution is -0.130. The number of carbonyl (C=O) groups is 1. The molecule has 1 aromatic heterocycles. The molecule has 1 aliphatic rings. The number of hydrogen-bond acceptors (Lipinski definition) is 3. The third-order valence-corrected chi connectivity index (χ3v) is 6.97. The van der Waals surface area contributed by atoms with Crippen LogP contribution in [-0.2, 0) is 37.3 Å². The number of halogens is 3. The Bertz CT molecular complexity index is 1420. The van der Waals surface area contributed by atoms with Gasteiger partial charge in [-0.25, -0.2) is 17.9 Å². The summed E-state index contributed by atoms with van der Waals surface area (Å²) < 4.78 is 43.4. The molecule has 0 saturated heterocycles. The van der Waals surface area contributed by atoms with Gasteiger partial charge in [0.05, 0.1) is 30.0 Å². The quantitative estimate of drug-likeness (QED) is 0.312. The summed E-state index contributed by atoms with van der Waals surface area (Å²) >= 11 is 0. The Morgan fingerprint density at radius 2 is 1.71 bits per heavy atom. The van der Waals surface area contributed by atoms with Gasteiger partial charge in [0, 0.05) is 43.7 Å². The molecular formula is C30H29F3N4O. The third kappa shape index (κ3) is 5.65. The van der Waals surface area contributed by atoms with Crippen molar-refractivity contribution < 1.29 is 18.0 Å². The van der Waals surface area contributed by atoms with Crippen LogP contribution in [0.15, 0.2) is 72.8 Å². The van der Waals surface area contributed by atoms with Gasteiger partial charge in [-0.3, -0.25) is 9.69 Å². The maximum absolute atomic E-state index is 14.4. The van der Waals surface area contributed by atoms with Crippen LogP contribution in [0.2, 0.25) is 0 Å². The number of para-hydroxylation sites is 1. The first-order chi connectivity index (χ1) is 18.4. The first-order valence-electron chi connectivity index (χ1n) is 12.7. The van der Waals surface area contributed by atoms with Gasteiger partial charge in [0.1, 0.15) is 17.5 Å². The molecule has 1 amide bonds. The van der Waals surface area contributed by atoms with Crippen LogP contribution in [-0.4, -0.2) is 38.6 Å². The summed E-state index contributed by atoms with van der Waals surface area (Å²) in [6.07, 6.45) is 0.852. The van der Waals surface area contributed by atoms with Crippen LogP contribution in [0.1, 0.15) is 35.0 Å². The molecule has 5 rings (SSSR count). The van der Waals surface area contributed by atoms with Crippen LogP contribution < -0.4 is 0 Å². The number of aromatic nitrogens is 2. The van der Waals surface area contributed by atoms with Crippen LogP contribution >= 0.6 is 0 Å². The number of fused-ring (bicyclic) bond motifs is 1. The monoisotopic (exact) mass is 518 g/mol. The van der Waals surface area contributed by atoms with E-state index in [0.717, 1.165) is 40.3 Å². The highest BCUT2D eigenvalue weighted by Gasteiger charge is 2.28. The fraction of sp³-hybridized carbons (Fsp3) is 0.267. The number of carbonyl (C=O) groups excluding carboxylic acids is 1. The van der Waals surface area contributed by atoms with E-state index in [2.05, 4.69) is 4.90 Å². The summed E-state index contributed by atoms with van der Waals surface area (Å²) in [5, 5.41) is 4.94. The molecule has 3 aromatic carbocycles. The Balaban J connectivity index is 1.42. The molecule has 0 spiro atoms. The fourth-order valence-corrected chi connectivity index (χ4v) is 4.94. The van der Waals surface area contributed by atoms with Crippen LogP contribution in [0.3, 0.4) is 0 Å². The Morgan fingerprint density at radius 1 is 0.974 bits per heavy atom. The smallest absolute Gasteiger partial charge is 0.227 e. The SMILES string of the molecule is CCN(Cc1nn(-c2ccccc2)c2c1CN(Cc1cc(F)ccc1F)CC2)C(=O)Cc1ccc(F)cc1. The van der Waals surface area contributed by atoms with Crippen molar-refractivity contribution >= 4 is 5.91 Å². The van der Waals surface area contributed by atoms with Crippen molar-refractivity contribution in [3.8, 4) is 5.69 Å². The molecule has 196 valence electrons. The molecule has 1 aliphatic heterocycles. The van der Waals surface area contributed by atoms with E-state index in [9.17, 15) is 18.0 Å². The minimum Gasteiger partial charge on any atom is -0.337 e. The molecule has 0 bridgehead atoms. The second kappa shape index (κ2) is 11.2. The highest BCUT2D eigenvalue weighted by Crippen LogP contribution is 2.28. The molecule has 0 radical (unpaired) electrons. The van der Waals surface area contributed by atoms with Crippen molar-refractivity contribution in [1.82, 2.24) is 19.6 Å². The van der Waals surface area contributed by atoms with Gasteiger partial charge in [-0.1, -0.05) is 30.3 Å². The lowest BCUT2D eigenvalue weighted by Gasteiger charge is -2.28. The second-order valence-electron chi connectivity index (χ2n) is 9.53. The number of likely N-dealkylation sites (N-methyl/N-ethyl adjacent to an activating group) is 1. The molecule has 5 nitrogen and oxygen atoms in total. The Morgan fingerprint density at radius 3 is 2.45 bits per heavy atom. The number of nitrogens with zero attached hydrogens (tertiary/aromatic N) is 4. The summed E-state index contributed by atoms with van der Waals surface area (Å²) in [5.41, 5.74) is 4.84. The first kappa shape index (κ1) is 25.7. The van der Waals surface area contributed by atoms with Crippen molar-refractivity contribution in [2.75, 3.05) is 13.1 Å². The molecular weight excluding hydrogens is 489 g/mol. The maximum atomic E-state index is 14.4. The highest BCUT2D eigenvalue weighted by molar-refractivity contribution is 5.78. The minimum atomic E-state index is -0.463. The van der Waals surface area contributed by atoms with Crippen molar-refractivity contribution in [3.63, 3.8) is 0 Å². The summed E-state index contributed by atoms with van der Waals surface area (Å²) in [4.78, 5) is 17.0. The predicted octanol–water partition coefficient (Wildman–Crippen LogP) is 5.44. The average Bonchev–Trinajstić information content (AvgIpc) is 3.28. The second-order valence-corrected chi connectivity index (χ2v) is 9.53. The van der Waals surface area contributed by atoms with Gasteiger partial charge in [-0.2, -0.15) is 5.10 Å². The van der Waals surface area contributed by atoms with Gasteiger partial charge in [-0.15, -0.1) is 0 Å². The van der Waals surface area contributed by atoms with Gasteiger partial charge in [0.2, 0.25) is 5.91 Å². The number of rotatable bonds is 8. The number of hydrogen-bond donors (Lipinski definition) is 0. The van der Waals surface area contributed by atoms with Crippen molar-refractivity contribution in [1.29, 1.82) is 0 Å². The molecule has 0 N–H and O–H groups in total. The van der Waals surface area contributed by atoms with Gasteiger partial charge in [-0.05, 0) is 55.0 Å². The van der Waals surface area contributed by atoms with Crippen LogP contribution in [0.25, 0.3) is 5.69 Å². The van der Waals surface area contributed by atoms with Crippen molar-refractivity contribution in [2.45, 2.75) is 39.4 Å². The maximum Gasteiger partial charge on any atom is 0.227 e. The van der Waals surface area contributed by atoms with E-state index in [-0.39, 0.29) is 24.7 Å². The van der Waals surface area contributed by atoms with E-state index in [0.29, 0.717) is 38.2 Å². The minimum absolute atomic E-state index is 0.0726. The Kier molecular flexibility index (Phi) is 7.60. The molecule has 38 heavy (non-hydrogen) atoms. The lowest BCUT2D eigenvalue weighted by atomic mass is 10.0. The van der Waals surface area contributed by atoms with E-state index in [1.807, 2.05) is 41.9 Å². The van der Waals surface area contributed by atoms with Crippen LogP contribution in [0.5, 0.6) is 0 Å². The molecule has 8 heteroatoms. The molecule has 0 aliphatic carbocycles. The summed E-state index contributed by atoms with van der Waals surface area (Å²) in [6, 6.07) is 19.3. The standard InChI is InChI=1S/C30H29F3N4O/c1-2-36(30(38)16-21-8-10-23(31)11-9-21)20-28-26-19-35(18-22-17-24(32)12-13-27(22)33)15-14-29(26)37(34-28)25-6-4-3-5-7-25/h3-13,17H,2,14-16,18-20H2,1H3. The van der Waals surface area contributed by atoms with E-state index in [4.69, 9.17) is 5.10 Å². The zero-order valence-corrected chi connectivity index (χ0v) is 21.2. The van der Waals surface area contributed by atoms with Gasteiger partial charge in [0.25, 0.3) is 0 Å². The topological polar surface area (TPSA) is 41.4 Å². The van der Waals surface area contributed by atoms with Gasteiger partial charge >= 0.3 is 0 Å². The van der Waals surface area contributed by atoms with E-state index >= 15 is 0 Å². The van der Waals surface area contributed by atoms with Crippen molar-refractivity contribution in [3.05, 3.63) is 118 Å². The molecule has 0 atom stereocenters. The largest absolute Gasteiger partial charge is 0.337 e. The highest BCUT2D eigenvalue weighted by atomic mass is 19.1. The molecule has 0 saturated carbocycles. The lowest BCUT2D eigenvalue weighted by Crippen LogP contribution is -2.34. The van der Waals surface area contributed by atoms with E-state index in [1.54, 1.807) is 17.0 Å².